The lowest BCUT2D eigenvalue weighted by atomic mass is 10.1. The topological polar surface area (TPSA) is 75.3 Å². The predicted octanol–water partition coefficient (Wildman–Crippen LogP) is 3.48. The van der Waals surface area contributed by atoms with Gasteiger partial charge in [0, 0.05) is 11.6 Å². The molecule has 5 nitrogen and oxygen atoms in total. The van der Waals surface area contributed by atoms with Crippen LogP contribution in [0.25, 0.3) is 10.8 Å². The Morgan fingerprint density at radius 3 is 2.41 bits per heavy atom. The van der Waals surface area contributed by atoms with Gasteiger partial charge in [-0.3, -0.25) is 4.79 Å². The number of rotatable bonds is 6. The number of sulfonamides is 1. The first-order valence-electron chi connectivity index (χ1n) is 8.39. The Bertz CT molecular complexity index is 1080. The molecule has 0 aromatic heterocycles. The van der Waals surface area contributed by atoms with Crippen molar-refractivity contribution in [2.24, 2.45) is 0 Å². The molecule has 0 heterocycles. The van der Waals surface area contributed by atoms with E-state index >= 15 is 0 Å². The Hall–Kier alpha value is -2.41. The highest BCUT2D eigenvalue weighted by molar-refractivity contribution is 7.89. The van der Waals surface area contributed by atoms with Crippen molar-refractivity contribution >= 4 is 38.3 Å². The number of hydrogen-bond acceptors (Lipinski definition) is 3. The van der Waals surface area contributed by atoms with Crippen LogP contribution in [0.5, 0.6) is 0 Å². The van der Waals surface area contributed by atoms with Crippen molar-refractivity contribution in [3.8, 4) is 0 Å². The van der Waals surface area contributed by atoms with Gasteiger partial charge in [0.15, 0.2) is 0 Å². The zero-order valence-corrected chi connectivity index (χ0v) is 16.2. The molecule has 3 rings (SSSR count). The summed E-state index contributed by atoms with van der Waals surface area (Å²) in [6, 6.07) is 18.6. The van der Waals surface area contributed by atoms with Crippen LogP contribution in [-0.4, -0.2) is 20.4 Å². The van der Waals surface area contributed by atoms with Crippen molar-refractivity contribution in [3.63, 3.8) is 0 Å². The molecule has 1 atom stereocenters. The van der Waals surface area contributed by atoms with Gasteiger partial charge in [-0.05, 0) is 41.5 Å². The molecular formula is C20H19ClN2O3S. The summed E-state index contributed by atoms with van der Waals surface area (Å²) in [5.41, 5.74) is 0.761. The summed E-state index contributed by atoms with van der Waals surface area (Å²) in [4.78, 5) is 12.4. The average molecular weight is 403 g/mol. The number of benzene rings is 3. The first-order chi connectivity index (χ1) is 12.9. The largest absolute Gasteiger partial charge is 0.351 e. The first-order valence-corrected chi connectivity index (χ1v) is 10.3. The van der Waals surface area contributed by atoms with Gasteiger partial charge in [0.1, 0.15) is 0 Å². The minimum absolute atomic E-state index is 0.118. The molecular weight excluding hydrogens is 384 g/mol. The zero-order valence-electron chi connectivity index (χ0n) is 14.6. The van der Waals surface area contributed by atoms with E-state index in [1.807, 2.05) is 30.3 Å². The molecule has 0 fully saturated rings. The molecule has 0 radical (unpaired) electrons. The highest BCUT2D eigenvalue weighted by atomic mass is 35.5. The molecule has 0 unspecified atom stereocenters. The van der Waals surface area contributed by atoms with Gasteiger partial charge in [-0.1, -0.05) is 60.1 Å². The molecule has 0 spiro atoms. The SMILES string of the molecule is C[C@@H](NS(=O)(=O)c1ccc2ccccc2c1)C(=O)NCc1ccccc1Cl. The molecule has 0 aliphatic rings. The van der Waals surface area contributed by atoms with Crippen molar-refractivity contribution in [1.29, 1.82) is 0 Å². The van der Waals surface area contributed by atoms with E-state index in [9.17, 15) is 13.2 Å². The summed E-state index contributed by atoms with van der Waals surface area (Å²) in [5, 5.41) is 5.00. The lowest BCUT2D eigenvalue weighted by molar-refractivity contribution is -0.122. The summed E-state index contributed by atoms with van der Waals surface area (Å²) < 4.78 is 27.6. The molecule has 0 saturated carbocycles. The standard InChI is InChI=1S/C20H19ClN2O3S/c1-14(20(24)22-13-17-8-4-5-9-19(17)21)23-27(25,26)18-11-10-15-6-2-3-7-16(15)12-18/h2-12,14,23H,13H2,1H3,(H,22,24)/t14-/m1/s1. The van der Waals surface area contributed by atoms with E-state index in [0.29, 0.717) is 5.02 Å². The second-order valence-electron chi connectivity index (χ2n) is 6.16. The van der Waals surface area contributed by atoms with Gasteiger partial charge in [-0.15, -0.1) is 0 Å². The first kappa shape index (κ1) is 19.4. The molecule has 0 bridgehead atoms. The quantitative estimate of drug-likeness (QED) is 0.662. The van der Waals surface area contributed by atoms with Gasteiger partial charge >= 0.3 is 0 Å². The fourth-order valence-corrected chi connectivity index (χ4v) is 4.11. The molecule has 2 N–H and O–H groups in total. The van der Waals surface area contributed by atoms with Crippen LogP contribution in [0.1, 0.15) is 12.5 Å². The van der Waals surface area contributed by atoms with Gasteiger partial charge < -0.3 is 5.32 Å². The summed E-state index contributed by atoms with van der Waals surface area (Å²) in [5.74, 6) is -0.431. The molecule has 140 valence electrons. The Morgan fingerprint density at radius 1 is 1.00 bits per heavy atom. The van der Waals surface area contributed by atoms with Crippen LogP contribution in [0.15, 0.2) is 71.6 Å². The van der Waals surface area contributed by atoms with E-state index in [2.05, 4.69) is 10.0 Å². The minimum atomic E-state index is -3.82. The molecule has 0 saturated heterocycles. The molecule has 3 aromatic carbocycles. The lowest BCUT2D eigenvalue weighted by Gasteiger charge is -2.15. The van der Waals surface area contributed by atoms with E-state index in [1.165, 1.54) is 13.0 Å². The third kappa shape index (κ3) is 4.66. The van der Waals surface area contributed by atoms with Crippen LogP contribution in [0.2, 0.25) is 5.02 Å². The van der Waals surface area contributed by atoms with Gasteiger partial charge in [-0.2, -0.15) is 4.72 Å². The van der Waals surface area contributed by atoms with Crippen molar-refractivity contribution in [3.05, 3.63) is 77.3 Å². The zero-order chi connectivity index (χ0) is 19.4. The fraction of sp³-hybridized carbons (Fsp3) is 0.150. The second-order valence-corrected chi connectivity index (χ2v) is 8.28. The summed E-state index contributed by atoms with van der Waals surface area (Å²) >= 11 is 6.06. The van der Waals surface area contributed by atoms with Crippen LogP contribution in [0.4, 0.5) is 0 Å². The van der Waals surface area contributed by atoms with Gasteiger partial charge in [-0.25, -0.2) is 8.42 Å². The predicted molar refractivity (Wildman–Crippen MR) is 107 cm³/mol. The van der Waals surface area contributed by atoms with E-state index in [4.69, 9.17) is 11.6 Å². The lowest BCUT2D eigenvalue weighted by Crippen LogP contribution is -2.44. The van der Waals surface area contributed by atoms with Crippen LogP contribution in [0.3, 0.4) is 0 Å². The van der Waals surface area contributed by atoms with Crippen LogP contribution >= 0.6 is 11.6 Å². The fourth-order valence-electron chi connectivity index (χ4n) is 2.67. The number of carbonyl (C=O) groups excluding carboxylic acids is 1. The number of nitrogens with one attached hydrogen (secondary N) is 2. The maximum absolute atomic E-state index is 12.6. The highest BCUT2D eigenvalue weighted by Gasteiger charge is 2.22. The normalized spacial score (nSPS) is 12.7. The Kier molecular flexibility index (Phi) is 5.79. The van der Waals surface area contributed by atoms with Gasteiger partial charge in [0.05, 0.1) is 10.9 Å². The molecule has 0 aliphatic heterocycles. The monoisotopic (exact) mass is 402 g/mol. The van der Waals surface area contributed by atoms with Crippen molar-refractivity contribution in [2.75, 3.05) is 0 Å². The highest BCUT2D eigenvalue weighted by Crippen LogP contribution is 2.19. The van der Waals surface area contributed by atoms with Crippen molar-refractivity contribution < 1.29 is 13.2 Å². The molecule has 7 heteroatoms. The number of amides is 1. The number of halogens is 1. The van der Waals surface area contributed by atoms with E-state index in [-0.39, 0.29) is 11.4 Å². The summed E-state index contributed by atoms with van der Waals surface area (Å²) in [6.45, 7) is 1.72. The minimum Gasteiger partial charge on any atom is -0.351 e. The van der Waals surface area contributed by atoms with Crippen LogP contribution in [0, 0.1) is 0 Å². The summed E-state index contributed by atoms with van der Waals surface area (Å²) in [6.07, 6.45) is 0. The molecule has 0 aliphatic carbocycles. The van der Waals surface area contributed by atoms with Gasteiger partial charge in [0.25, 0.3) is 0 Å². The molecule has 3 aromatic rings. The number of carbonyl (C=O) groups is 1. The smallest absolute Gasteiger partial charge is 0.241 e. The Balaban J connectivity index is 1.68. The van der Waals surface area contributed by atoms with E-state index in [1.54, 1.807) is 30.3 Å². The van der Waals surface area contributed by atoms with Crippen LogP contribution in [-0.2, 0) is 21.4 Å². The van der Waals surface area contributed by atoms with Crippen LogP contribution < -0.4 is 10.0 Å². The third-order valence-electron chi connectivity index (χ3n) is 4.17. The average Bonchev–Trinajstić information content (AvgIpc) is 2.66. The maximum atomic E-state index is 12.6. The Morgan fingerprint density at radius 2 is 1.67 bits per heavy atom. The second kappa shape index (κ2) is 8.08. The summed E-state index contributed by atoms with van der Waals surface area (Å²) in [7, 11) is -3.82. The van der Waals surface area contributed by atoms with Crippen molar-refractivity contribution in [1.82, 2.24) is 10.0 Å². The van der Waals surface area contributed by atoms with E-state index < -0.39 is 22.0 Å². The number of hydrogen-bond donors (Lipinski definition) is 2. The molecule has 1 amide bonds. The van der Waals surface area contributed by atoms with Gasteiger partial charge in [0.2, 0.25) is 15.9 Å². The number of fused-ring (bicyclic) bond motifs is 1. The third-order valence-corrected chi connectivity index (χ3v) is 6.07. The molecule has 27 heavy (non-hydrogen) atoms. The van der Waals surface area contributed by atoms with Crippen molar-refractivity contribution in [2.45, 2.75) is 24.4 Å². The Labute approximate surface area is 163 Å². The van der Waals surface area contributed by atoms with E-state index in [0.717, 1.165) is 16.3 Å². The maximum Gasteiger partial charge on any atom is 0.241 e.